The van der Waals surface area contributed by atoms with Crippen molar-refractivity contribution in [2.45, 2.75) is 32.7 Å². The summed E-state index contributed by atoms with van der Waals surface area (Å²) in [6.07, 6.45) is 1.77. The molecule has 5 heteroatoms. The number of benzene rings is 1. The molecule has 0 spiro atoms. The lowest BCUT2D eigenvalue weighted by Crippen LogP contribution is -2.18. The second-order valence-corrected chi connectivity index (χ2v) is 3.88. The van der Waals surface area contributed by atoms with Crippen molar-refractivity contribution in [2.75, 3.05) is 11.1 Å². The molecule has 4 nitrogen and oxygen atoms in total. The number of carbonyl (C=O) groups is 1. The van der Waals surface area contributed by atoms with Crippen LogP contribution in [0, 0.1) is 5.82 Å². The fraction of sp³-hybridized carbons (Fsp3) is 0.417. The van der Waals surface area contributed by atoms with Gasteiger partial charge in [-0.3, -0.25) is 0 Å². The number of hydrogen-bond acceptors (Lipinski definition) is 3. The van der Waals surface area contributed by atoms with Crippen LogP contribution in [0.5, 0.6) is 0 Å². The van der Waals surface area contributed by atoms with E-state index in [9.17, 15) is 9.18 Å². The number of halogens is 1. The van der Waals surface area contributed by atoms with Crippen LogP contribution in [0.25, 0.3) is 0 Å². The minimum Gasteiger partial charge on any atom is -0.478 e. The summed E-state index contributed by atoms with van der Waals surface area (Å²) in [6, 6.07) is 2.48. The van der Waals surface area contributed by atoms with Gasteiger partial charge >= 0.3 is 5.97 Å². The van der Waals surface area contributed by atoms with Gasteiger partial charge in [0.1, 0.15) is 5.82 Å². The Bertz CT molecular complexity index is 417. The molecular formula is C12H17FN2O2. The first-order valence-corrected chi connectivity index (χ1v) is 5.58. The van der Waals surface area contributed by atoms with Crippen molar-refractivity contribution in [2.24, 2.45) is 0 Å². The van der Waals surface area contributed by atoms with E-state index in [-0.39, 0.29) is 11.7 Å². The predicted octanol–water partition coefficient (Wildman–Crippen LogP) is 2.71. The molecule has 0 fully saturated rings. The third-order valence-corrected chi connectivity index (χ3v) is 2.71. The topological polar surface area (TPSA) is 75.3 Å². The summed E-state index contributed by atoms with van der Waals surface area (Å²) < 4.78 is 13.5. The van der Waals surface area contributed by atoms with E-state index in [0.717, 1.165) is 25.0 Å². The molecule has 0 saturated heterocycles. The van der Waals surface area contributed by atoms with Gasteiger partial charge in [0.05, 0.1) is 16.9 Å². The quantitative estimate of drug-likeness (QED) is 0.692. The Morgan fingerprint density at radius 1 is 1.47 bits per heavy atom. The third-order valence-electron chi connectivity index (χ3n) is 2.71. The van der Waals surface area contributed by atoms with Crippen molar-refractivity contribution in [3.05, 3.63) is 23.5 Å². The zero-order chi connectivity index (χ0) is 13.0. The molecule has 0 aromatic heterocycles. The molecule has 0 aliphatic rings. The summed E-state index contributed by atoms with van der Waals surface area (Å²) >= 11 is 0. The smallest absolute Gasteiger partial charge is 0.338 e. The first-order valence-electron chi connectivity index (χ1n) is 5.58. The highest BCUT2D eigenvalue weighted by Gasteiger charge is 2.14. The molecule has 0 amide bonds. The molecule has 94 valence electrons. The standard InChI is InChI=1S/C12H17FN2O2/c1-3-7(4-2)15-11-6-9(13)8(12(16)17)5-10(11)14/h5-7,15H,3-4,14H2,1-2H3,(H,16,17). The summed E-state index contributed by atoms with van der Waals surface area (Å²) in [6.45, 7) is 4.03. The molecule has 1 aromatic rings. The maximum absolute atomic E-state index is 13.5. The van der Waals surface area contributed by atoms with Gasteiger partial charge in [-0.15, -0.1) is 0 Å². The zero-order valence-corrected chi connectivity index (χ0v) is 9.96. The highest BCUT2D eigenvalue weighted by atomic mass is 19.1. The minimum absolute atomic E-state index is 0.201. The lowest BCUT2D eigenvalue weighted by Gasteiger charge is -2.18. The SMILES string of the molecule is CCC(CC)Nc1cc(F)c(C(=O)O)cc1N. The number of rotatable bonds is 5. The summed E-state index contributed by atoms with van der Waals surface area (Å²) in [5.41, 5.74) is 5.98. The van der Waals surface area contributed by atoms with Gasteiger partial charge in [-0.25, -0.2) is 9.18 Å². The van der Waals surface area contributed by atoms with Gasteiger partial charge in [0.15, 0.2) is 0 Å². The number of nitrogen functional groups attached to an aromatic ring is 1. The maximum atomic E-state index is 13.5. The summed E-state index contributed by atoms with van der Waals surface area (Å²) in [7, 11) is 0. The number of carboxylic acid groups (broad SMARTS) is 1. The summed E-state index contributed by atoms with van der Waals surface area (Å²) in [5, 5.41) is 11.8. The van der Waals surface area contributed by atoms with Gasteiger partial charge in [0.25, 0.3) is 0 Å². The molecule has 0 atom stereocenters. The average molecular weight is 240 g/mol. The first kappa shape index (κ1) is 13.3. The van der Waals surface area contributed by atoms with Gasteiger partial charge in [-0.1, -0.05) is 13.8 Å². The zero-order valence-electron chi connectivity index (χ0n) is 9.96. The van der Waals surface area contributed by atoms with Crippen LogP contribution in [0.1, 0.15) is 37.0 Å². The van der Waals surface area contributed by atoms with E-state index in [2.05, 4.69) is 5.32 Å². The van der Waals surface area contributed by atoms with Gasteiger partial charge < -0.3 is 16.2 Å². The maximum Gasteiger partial charge on any atom is 0.338 e. The molecule has 0 saturated carbocycles. The molecule has 0 heterocycles. The Morgan fingerprint density at radius 3 is 2.53 bits per heavy atom. The molecule has 0 aliphatic carbocycles. The van der Waals surface area contributed by atoms with Gasteiger partial charge in [0.2, 0.25) is 0 Å². The van der Waals surface area contributed by atoms with Crippen molar-refractivity contribution in [1.82, 2.24) is 0 Å². The molecule has 4 N–H and O–H groups in total. The van der Waals surface area contributed by atoms with Gasteiger partial charge in [-0.2, -0.15) is 0 Å². The number of nitrogens with one attached hydrogen (secondary N) is 1. The number of hydrogen-bond donors (Lipinski definition) is 3. The highest BCUT2D eigenvalue weighted by Crippen LogP contribution is 2.24. The van der Waals surface area contributed by atoms with Crippen molar-refractivity contribution in [3.63, 3.8) is 0 Å². The van der Waals surface area contributed by atoms with Crippen molar-refractivity contribution in [3.8, 4) is 0 Å². The highest BCUT2D eigenvalue weighted by molar-refractivity contribution is 5.90. The van der Waals surface area contributed by atoms with Crippen LogP contribution in [0.4, 0.5) is 15.8 Å². The Balaban J connectivity index is 3.03. The number of anilines is 2. The first-order chi connectivity index (χ1) is 7.99. The molecule has 0 unspecified atom stereocenters. The van der Waals surface area contributed by atoms with Crippen LogP contribution >= 0.6 is 0 Å². The fourth-order valence-electron chi connectivity index (χ4n) is 1.59. The van der Waals surface area contributed by atoms with E-state index in [1.165, 1.54) is 0 Å². The van der Waals surface area contributed by atoms with Crippen LogP contribution in [0.2, 0.25) is 0 Å². The molecule has 0 bridgehead atoms. The lowest BCUT2D eigenvalue weighted by atomic mass is 10.1. The van der Waals surface area contributed by atoms with Crippen LogP contribution in [0.3, 0.4) is 0 Å². The normalized spacial score (nSPS) is 10.6. The Labute approximate surface area is 99.6 Å². The van der Waals surface area contributed by atoms with Gasteiger partial charge in [-0.05, 0) is 25.0 Å². The number of carboxylic acids is 1. The third kappa shape index (κ3) is 3.09. The second kappa shape index (κ2) is 5.52. The van der Waals surface area contributed by atoms with Crippen LogP contribution in [0.15, 0.2) is 12.1 Å². The Kier molecular flexibility index (Phi) is 4.31. The van der Waals surface area contributed by atoms with Crippen molar-refractivity contribution >= 4 is 17.3 Å². The molecule has 17 heavy (non-hydrogen) atoms. The summed E-state index contributed by atoms with van der Waals surface area (Å²) in [4.78, 5) is 10.7. The molecule has 1 aromatic carbocycles. The number of nitrogens with two attached hydrogens (primary N) is 1. The molecule has 0 radical (unpaired) electrons. The Morgan fingerprint density at radius 2 is 2.06 bits per heavy atom. The van der Waals surface area contributed by atoms with Crippen LogP contribution in [-0.2, 0) is 0 Å². The van der Waals surface area contributed by atoms with Crippen molar-refractivity contribution < 1.29 is 14.3 Å². The largest absolute Gasteiger partial charge is 0.478 e. The van der Waals surface area contributed by atoms with Crippen LogP contribution < -0.4 is 11.1 Å². The van der Waals surface area contributed by atoms with E-state index < -0.39 is 17.3 Å². The predicted molar refractivity (Wildman–Crippen MR) is 65.8 cm³/mol. The van der Waals surface area contributed by atoms with E-state index in [0.29, 0.717) is 5.69 Å². The average Bonchev–Trinajstić information content (AvgIpc) is 2.29. The Hall–Kier alpha value is -1.78. The van der Waals surface area contributed by atoms with E-state index in [1.807, 2.05) is 13.8 Å². The van der Waals surface area contributed by atoms with Gasteiger partial charge in [0, 0.05) is 6.04 Å². The number of aromatic carboxylic acids is 1. The van der Waals surface area contributed by atoms with Crippen LogP contribution in [-0.4, -0.2) is 17.1 Å². The molecule has 0 aliphatic heterocycles. The second-order valence-electron chi connectivity index (χ2n) is 3.88. The summed E-state index contributed by atoms with van der Waals surface area (Å²) in [5.74, 6) is -2.09. The monoisotopic (exact) mass is 240 g/mol. The minimum atomic E-state index is -1.32. The van der Waals surface area contributed by atoms with Crippen molar-refractivity contribution in [1.29, 1.82) is 0 Å². The molecular weight excluding hydrogens is 223 g/mol. The van der Waals surface area contributed by atoms with E-state index in [1.54, 1.807) is 0 Å². The molecule has 1 rings (SSSR count). The fourth-order valence-corrected chi connectivity index (χ4v) is 1.59. The van der Waals surface area contributed by atoms with E-state index in [4.69, 9.17) is 10.8 Å². The lowest BCUT2D eigenvalue weighted by molar-refractivity contribution is 0.0692. The van der Waals surface area contributed by atoms with E-state index >= 15 is 0 Å².